The lowest BCUT2D eigenvalue weighted by atomic mass is 9.79. The molecule has 2 N–H and O–H groups in total. The number of hydrogen-bond donors (Lipinski definition) is 1. The standard InChI is InChI=1S/C14H25N3O/c1-14(2)9-16(7-5-12(14)15)11-8-13(18)17-6-3-4-10(11)17/h10-12H,3-9,15H2,1-2H3. The molecule has 0 saturated carbocycles. The minimum absolute atomic E-state index is 0.174. The van der Waals surface area contributed by atoms with Crippen molar-refractivity contribution < 1.29 is 4.79 Å². The van der Waals surface area contributed by atoms with Crippen LogP contribution in [0.1, 0.15) is 39.5 Å². The zero-order valence-corrected chi connectivity index (χ0v) is 11.6. The Kier molecular flexibility index (Phi) is 2.90. The van der Waals surface area contributed by atoms with E-state index in [1.807, 2.05) is 0 Å². The molecule has 0 spiro atoms. The summed E-state index contributed by atoms with van der Waals surface area (Å²) in [5.74, 6) is 0.371. The lowest BCUT2D eigenvalue weighted by Gasteiger charge is -2.46. The number of piperidine rings is 1. The molecule has 3 saturated heterocycles. The molecular weight excluding hydrogens is 226 g/mol. The average molecular weight is 251 g/mol. The monoisotopic (exact) mass is 251 g/mol. The quantitative estimate of drug-likeness (QED) is 0.750. The molecule has 0 aliphatic carbocycles. The lowest BCUT2D eigenvalue weighted by Crippen LogP contribution is -2.56. The van der Waals surface area contributed by atoms with Gasteiger partial charge in [-0.05, 0) is 24.7 Å². The first kappa shape index (κ1) is 12.4. The summed E-state index contributed by atoms with van der Waals surface area (Å²) < 4.78 is 0. The van der Waals surface area contributed by atoms with Gasteiger partial charge in [0.2, 0.25) is 5.91 Å². The number of hydrogen-bond acceptors (Lipinski definition) is 3. The first-order chi connectivity index (χ1) is 8.49. The Morgan fingerprint density at radius 3 is 2.72 bits per heavy atom. The molecule has 3 aliphatic heterocycles. The second-order valence-electron chi connectivity index (χ2n) is 6.92. The number of carbonyl (C=O) groups excluding carboxylic acids is 1. The van der Waals surface area contributed by atoms with E-state index in [9.17, 15) is 4.79 Å². The Morgan fingerprint density at radius 2 is 2.00 bits per heavy atom. The maximum Gasteiger partial charge on any atom is 0.224 e. The third-order valence-corrected chi connectivity index (χ3v) is 5.26. The number of fused-ring (bicyclic) bond motifs is 1. The second-order valence-corrected chi connectivity index (χ2v) is 6.92. The van der Waals surface area contributed by atoms with Crippen LogP contribution in [0.15, 0.2) is 0 Å². The van der Waals surface area contributed by atoms with Crippen LogP contribution in [-0.2, 0) is 4.79 Å². The van der Waals surface area contributed by atoms with Gasteiger partial charge in [-0.3, -0.25) is 9.69 Å². The molecule has 0 aromatic heterocycles. The highest BCUT2D eigenvalue weighted by atomic mass is 16.2. The highest BCUT2D eigenvalue weighted by molar-refractivity contribution is 5.80. The van der Waals surface area contributed by atoms with E-state index in [1.54, 1.807) is 0 Å². The molecular formula is C14H25N3O. The molecule has 3 fully saturated rings. The number of rotatable bonds is 1. The van der Waals surface area contributed by atoms with Gasteiger partial charge in [-0.2, -0.15) is 0 Å². The average Bonchev–Trinajstić information content (AvgIpc) is 2.87. The summed E-state index contributed by atoms with van der Waals surface area (Å²) in [6.07, 6.45) is 4.17. The van der Waals surface area contributed by atoms with E-state index in [4.69, 9.17) is 5.73 Å². The van der Waals surface area contributed by atoms with Crippen molar-refractivity contribution in [3.05, 3.63) is 0 Å². The summed E-state index contributed by atoms with van der Waals surface area (Å²) in [5, 5.41) is 0. The number of nitrogens with zero attached hydrogens (tertiary/aromatic N) is 2. The number of nitrogens with two attached hydrogens (primary N) is 1. The van der Waals surface area contributed by atoms with Crippen molar-refractivity contribution in [2.24, 2.45) is 11.1 Å². The summed E-state index contributed by atoms with van der Waals surface area (Å²) in [6.45, 7) is 7.60. The van der Waals surface area contributed by atoms with Gasteiger partial charge in [0.05, 0.1) is 0 Å². The first-order valence-corrected chi connectivity index (χ1v) is 7.28. The SMILES string of the molecule is CC1(C)CN(C2CC(=O)N3CCCC23)CCC1N. The van der Waals surface area contributed by atoms with Gasteiger partial charge in [0.1, 0.15) is 0 Å². The van der Waals surface area contributed by atoms with E-state index >= 15 is 0 Å². The Labute approximate surface area is 109 Å². The molecule has 3 unspecified atom stereocenters. The van der Waals surface area contributed by atoms with E-state index in [0.717, 1.165) is 32.5 Å². The zero-order valence-electron chi connectivity index (χ0n) is 11.6. The summed E-state index contributed by atoms with van der Waals surface area (Å²) in [7, 11) is 0. The number of amides is 1. The summed E-state index contributed by atoms with van der Waals surface area (Å²) in [5.41, 5.74) is 6.38. The van der Waals surface area contributed by atoms with Crippen molar-refractivity contribution >= 4 is 5.91 Å². The topological polar surface area (TPSA) is 49.6 Å². The molecule has 3 aliphatic rings. The Morgan fingerprint density at radius 1 is 1.22 bits per heavy atom. The molecule has 3 atom stereocenters. The Hall–Kier alpha value is -0.610. The third-order valence-electron chi connectivity index (χ3n) is 5.26. The van der Waals surface area contributed by atoms with Crippen molar-refractivity contribution in [3.8, 4) is 0 Å². The van der Waals surface area contributed by atoms with Crippen molar-refractivity contribution in [3.63, 3.8) is 0 Å². The molecule has 4 nitrogen and oxygen atoms in total. The third kappa shape index (κ3) is 1.86. The van der Waals surface area contributed by atoms with Gasteiger partial charge in [-0.25, -0.2) is 0 Å². The Balaban J connectivity index is 1.74. The van der Waals surface area contributed by atoms with Crippen molar-refractivity contribution in [1.82, 2.24) is 9.80 Å². The fourth-order valence-corrected chi connectivity index (χ4v) is 4.01. The van der Waals surface area contributed by atoms with Crippen LogP contribution in [0.5, 0.6) is 0 Å². The predicted molar refractivity (Wildman–Crippen MR) is 71.1 cm³/mol. The lowest BCUT2D eigenvalue weighted by molar-refractivity contribution is -0.127. The minimum atomic E-state index is 0.174. The summed E-state index contributed by atoms with van der Waals surface area (Å²) >= 11 is 0. The maximum atomic E-state index is 12.0. The van der Waals surface area contributed by atoms with Gasteiger partial charge in [-0.1, -0.05) is 13.8 Å². The van der Waals surface area contributed by atoms with Crippen molar-refractivity contribution in [2.45, 2.75) is 57.7 Å². The van der Waals surface area contributed by atoms with Crippen LogP contribution in [0.3, 0.4) is 0 Å². The van der Waals surface area contributed by atoms with E-state index in [-0.39, 0.29) is 5.41 Å². The van der Waals surface area contributed by atoms with Gasteiger partial charge >= 0.3 is 0 Å². The molecule has 102 valence electrons. The van der Waals surface area contributed by atoms with Gasteiger partial charge in [0, 0.05) is 44.2 Å². The molecule has 1 amide bonds. The zero-order chi connectivity index (χ0) is 12.9. The molecule has 0 bridgehead atoms. The van der Waals surface area contributed by atoms with Crippen LogP contribution in [0.4, 0.5) is 0 Å². The van der Waals surface area contributed by atoms with Crippen LogP contribution in [0.25, 0.3) is 0 Å². The predicted octanol–water partition coefficient (Wildman–Crippen LogP) is 0.809. The van der Waals surface area contributed by atoms with Crippen LogP contribution in [0, 0.1) is 5.41 Å². The van der Waals surface area contributed by atoms with Crippen LogP contribution >= 0.6 is 0 Å². The van der Waals surface area contributed by atoms with E-state index in [2.05, 4.69) is 23.6 Å². The maximum absolute atomic E-state index is 12.0. The van der Waals surface area contributed by atoms with Crippen LogP contribution < -0.4 is 5.73 Å². The van der Waals surface area contributed by atoms with Crippen LogP contribution in [0.2, 0.25) is 0 Å². The minimum Gasteiger partial charge on any atom is -0.338 e. The highest BCUT2D eigenvalue weighted by Gasteiger charge is 2.47. The largest absolute Gasteiger partial charge is 0.338 e. The van der Waals surface area contributed by atoms with Gasteiger partial charge in [-0.15, -0.1) is 0 Å². The molecule has 3 rings (SSSR count). The molecule has 0 aromatic rings. The normalized spacial score (nSPS) is 40.3. The molecule has 4 heteroatoms. The van der Waals surface area contributed by atoms with Crippen LogP contribution in [-0.4, -0.2) is 53.5 Å². The van der Waals surface area contributed by atoms with Crippen molar-refractivity contribution in [1.29, 1.82) is 0 Å². The van der Waals surface area contributed by atoms with Gasteiger partial charge < -0.3 is 10.6 Å². The number of carbonyl (C=O) groups is 1. The molecule has 18 heavy (non-hydrogen) atoms. The number of likely N-dealkylation sites (tertiary alicyclic amines) is 1. The van der Waals surface area contributed by atoms with Gasteiger partial charge in [0.25, 0.3) is 0 Å². The van der Waals surface area contributed by atoms with Crippen molar-refractivity contribution in [2.75, 3.05) is 19.6 Å². The van der Waals surface area contributed by atoms with Gasteiger partial charge in [0.15, 0.2) is 0 Å². The van der Waals surface area contributed by atoms with E-state index < -0.39 is 0 Å². The fourth-order valence-electron chi connectivity index (χ4n) is 4.01. The molecule has 0 aromatic carbocycles. The smallest absolute Gasteiger partial charge is 0.224 e. The molecule has 3 heterocycles. The summed E-state index contributed by atoms with van der Waals surface area (Å²) in [6, 6.07) is 1.24. The summed E-state index contributed by atoms with van der Waals surface area (Å²) in [4.78, 5) is 16.7. The highest BCUT2D eigenvalue weighted by Crippen LogP contribution is 2.36. The second kappa shape index (κ2) is 4.20. The molecule has 0 radical (unpaired) electrons. The Bertz CT molecular complexity index is 355. The first-order valence-electron chi connectivity index (χ1n) is 7.28. The van der Waals surface area contributed by atoms with E-state index in [1.165, 1.54) is 12.8 Å². The fraction of sp³-hybridized carbons (Fsp3) is 0.929. The van der Waals surface area contributed by atoms with E-state index in [0.29, 0.717) is 24.0 Å².